The van der Waals surface area contributed by atoms with E-state index in [1.165, 1.54) is 25.7 Å². The van der Waals surface area contributed by atoms with Crippen LogP contribution in [-0.2, 0) is 4.74 Å². The van der Waals surface area contributed by atoms with E-state index in [4.69, 9.17) is 4.74 Å². The summed E-state index contributed by atoms with van der Waals surface area (Å²) in [6.07, 6.45) is 5.31. The molecular weight excluding hydrogens is 212 g/mol. The van der Waals surface area contributed by atoms with Gasteiger partial charge in [0.15, 0.2) is 0 Å². The summed E-state index contributed by atoms with van der Waals surface area (Å²) in [5.41, 5.74) is 0. The maximum Gasteiger partial charge on any atom is 0.0593 e. The third-order valence-electron chi connectivity index (χ3n) is 3.62. The van der Waals surface area contributed by atoms with Crippen LogP contribution in [0.3, 0.4) is 0 Å². The van der Waals surface area contributed by atoms with Crippen LogP contribution in [0.1, 0.15) is 39.5 Å². The van der Waals surface area contributed by atoms with Crippen molar-refractivity contribution in [3.63, 3.8) is 0 Å². The third-order valence-corrected chi connectivity index (χ3v) is 3.62. The van der Waals surface area contributed by atoms with Crippen molar-refractivity contribution < 1.29 is 4.74 Å². The first-order valence-electron chi connectivity index (χ1n) is 7.22. The fourth-order valence-corrected chi connectivity index (χ4v) is 1.88. The molecule has 1 unspecified atom stereocenters. The maximum absolute atomic E-state index is 5.67. The van der Waals surface area contributed by atoms with E-state index in [1.54, 1.807) is 0 Å². The highest BCUT2D eigenvalue weighted by atomic mass is 16.5. The predicted molar refractivity (Wildman–Crippen MR) is 73.4 cm³/mol. The Kier molecular flexibility index (Phi) is 7.82. The van der Waals surface area contributed by atoms with Gasteiger partial charge < -0.3 is 15.0 Å². The van der Waals surface area contributed by atoms with Crippen molar-refractivity contribution in [1.29, 1.82) is 0 Å². The number of likely N-dealkylation sites (N-methyl/N-ethyl adjacent to an activating group) is 1. The molecule has 0 radical (unpaired) electrons. The van der Waals surface area contributed by atoms with Crippen LogP contribution in [-0.4, -0.2) is 50.8 Å². The largest absolute Gasteiger partial charge is 0.380 e. The van der Waals surface area contributed by atoms with Crippen LogP contribution in [0.2, 0.25) is 0 Å². The lowest BCUT2D eigenvalue weighted by atomic mass is 10.1. The van der Waals surface area contributed by atoms with Gasteiger partial charge in [0.05, 0.1) is 6.61 Å². The highest BCUT2D eigenvalue weighted by molar-refractivity contribution is 4.72. The normalized spacial score (nSPS) is 17.6. The van der Waals surface area contributed by atoms with Crippen LogP contribution in [0.4, 0.5) is 0 Å². The molecule has 17 heavy (non-hydrogen) atoms. The number of hydrogen-bond acceptors (Lipinski definition) is 3. The summed E-state index contributed by atoms with van der Waals surface area (Å²) in [6, 6.07) is 0.665. The monoisotopic (exact) mass is 242 g/mol. The van der Waals surface area contributed by atoms with Crippen molar-refractivity contribution in [1.82, 2.24) is 10.2 Å². The van der Waals surface area contributed by atoms with E-state index in [1.807, 2.05) is 0 Å². The molecule has 0 bridgehead atoms. The van der Waals surface area contributed by atoms with E-state index in [0.717, 1.165) is 38.8 Å². The Morgan fingerprint density at radius 1 is 1.41 bits per heavy atom. The van der Waals surface area contributed by atoms with Gasteiger partial charge in [-0.2, -0.15) is 0 Å². The van der Waals surface area contributed by atoms with Gasteiger partial charge in [-0.05, 0) is 58.7 Å². The molecule has 102 valence electrons. The molecule has 1 N–H and O–H groups in total. The second kappa shape index (κ2) is 8.90. The molecule has 0 aromatic rings. The van der Waals surface area contributed by atoms with E-state index in [2.05, 4.69) is 31.1 Å². The molecule has 1 aliphatic rings. The number of nitrogens with one attached hydrogen (secondary N) is 1. The van der Waals surface area contributed by atoms with Gasteiger partial charge in [-0.25, -0.2) is 0 Å². The van der Waals surface area contributed by atoms with E-state index >= 15 is 0 Å². The van der Waals surface area contributed by atoms with Crippen molar-refractivity contribution >= 4 is 0 Å². The fourth-order valence-electron chi connectivity index (χ4n) is 1.88. The molecule has 1 aliphatic carbocycles. The molecule has 1 fully saturated rings. The van der Waals surface area contributed by atoms with Crippen LogP contribution in [0.25, 0.3) is 0 Å². The van der Waals surface area contributed by atoms with Crippen molar-refractivity contribution in [3.05, 3.63) is 0 Å². The summed E-state index contributed by atoms with van der Waals surface area (Å²) in [7, 11) is 2.21. The molecule has 3 nitrogen and oxygen atoms in total. The van der Waals surface area contributed by atoms with Crippen molar-refractivity contribution in [2.45, 2.75) is 45.6 Å². The number of nitrogens with zero attached hydrogens (tertiary/aromatic N) is 1. The Labute approximate surface area is 107 Å². The Bertz CT molecular complexity index is 183. The van der Waals surface area contributed by atoms with E-state index in [9.17, 15) is 0 Å². The van der Waals surface area contributed by atoms with Gasteiger partial charge in [0.1, 0.15) is 0 Å². The lowest BCUT2D eigenvalue weighted by molar-refractivity contribution is 0.0921. The molecule has 0 aromatic heterocycles. The molecule has 3 heteroatoms. The highest BCUT2D eigenvalue weighted by Gasteiger charge is 2.21. The average molecular weight is 242 g/mol. The second-order valence-corrected chi connectivity index (χ2v) is 5.34. The van der Waals surface area contributed by atoms with Crippen LogP contribution in [0.5, 0.6) is 0 Å². The van der Waals surface area contributed by atoms with E-state index in [0.29, 0.717) is 6.04 Å². The highest BCUT2D eigenvalue weighted by Crippen LogP contribution is 2.28. The zero-order valence-electron chi connectivity index (χ0n) is 11.9. The van der Waals surface area contributed by atoms with Crippen LogP contribution in [0.15, 0.2) is 0 Å². The lowest BCUT2D eigenvalue weighted by Crippen LogP contribution is -2.33. The molecule has 1 rings (SSSR count). The third kappa shape index (κ3) is 7.74. The summed E-state index contributed by atoms with van der Waals surface area (Å²) in [6.45, 7) is 9.65. The predicted octanol–water partition coefficient (Wildman–Crippen LogP) is 2.12. The Morgan fingerprint density at radius 3 is 2.82 bits per heavy atom. The quantitative estimate of drug-likeness (QED) is 0.562. The van der Waals surface area contributed by atoms with E-state index < -0.39 is 0 Å². The first-order valence-corrected chi connectivity index (χ1v) is 7.22. The smallest absolute Gasteiger partial charge is 0.0593 e. The average Bonchev–Trinajstić information content (AvgIpc) is 3.13. The first kappa shape index (κ1) is 14.9. The number of ether oxygens (including phenoxy) is 1. The van der Waals surface area contributed by atoms with Crippen LogP contribution in [0, 0.1) is 5.92 Å². The van der Waals surface area contributed by atoms with Crippen molar-refractivity contribution in [2.24, 2.45) is 5.92 Å². The van der Waals surface area contributed by atoms with Crippen LogP contribution >= 0.6 is 0 Å². The molecule has 0 spiro atoms. The first-order chi connectivity index (χ1) is 8.24. The SMILES string of the molecule is CCNCCCC(C)N(C)CCOCC1CC1. The van der Waals surface area contributed by atoms with E-state index in [-0.39, 0.29) is 0 Å². The summed E-state index contributed by atoms with van der Waals surface area (Å²) in [4.78, 5) is 2.42. The molecule has 1 atom stereocenters. The standard InChI is InChI=1S/C14H30N2O/c1-4-15-9-5-6-13(2)16(3)10-11-17-12-14-7-8-14/h13-15H,4-12H2,1-3H3. The minimum Gasteiger partial charge on any atom is -0.380 e. The van der Waals surface area contributed by atoms with Gasteiger partial charge in [0.25, 0.3) is 0 Å². The van der Waals surface area contributed by atoms with Gasteiger partial charge in [0.2, 0.25) is 0 Å². The molecule has 0 heterocycles. The number of rotatable bonds is 11. The minimum atomic E-state index is 0.665. The zero-order chi connectivity index (χ0) is 12.5. The van der Waals surface area contributed by atoms with Gasteiger partial charge in [0, 0.05) is 19.2 Å². The zero-order valence-corrected chi connectivity index (χ0v) is 11.9. The molecule has 0 saturated heterocycles. The fraction of sp³-hybridized carbons (Fsp3) is 1.00. The Hall–Kier alpha value is -0.120. The summed E-state index contributed by atoms with van der Waals surface area (Å²) < 4.78 is 5.67. The molecule has 0 aliphatic heterocycles. The van der Waals surface area contributed by atoms with Crippen molar-refractivity contribution in [3.8, 4) is 0 Å². The second-order valence-electron chi connectivity index (χ2n) is 5.34. The maximum atomic E-state index is 5.67. The van der Waals surface area contributed by atoms with Gasteiger partial charge in [-0.1, -0.05) is 6.92 Å². The lowest BCUT2D eigenvalue weighted by Gasteiger charge is -2.24. The van der Waals surface area contributed by atoms with Gasteiger partial charge in [-0.15, -0.1) is 0 Å². The van der Waals surface area contributed by atoms with Crippen molar-refractivity contribution in [2.75, 3.05) is 39.9 Å². The van der Waals surface area contributed by atoms with Gasteiger partial charge in [-0.3, -0.25) is 0 Å². The number of hydrogen-bond donors (Lipinski definition) is 1. The summed E-state index contributed by atoms with van der Waals surface area (Å²) in [5.74, 6) is 0.887. The van der Waals surface area contributed by atoms with Crippen LogP contribution < -0.4 is 5.32 Å². The molecule has 0 amide bonds. The Balaban J connectivity index is 1.90. The van der Waals surface area contributed by atoms with Gasteiger partial charge >= 0.3 is 0 Å². The summed E-state index contributed by atoms with van der Waals surface area (Å²) in [5, 5.41) is 3.37. The topological polar surface area (TPSA) is 24.5 Å². The molecule has 0 aromatic carbocycles. The Morgan fingerprint density at radius 2 is 2.18 bits per heavy atom. The minimum absolute atomic E-state index is 0.665. The molecular formula is C14H30N2O. The molecule has 1 saturated carbocycles. The summed E-state index contributed by atoms with van der Waals surface area (Å²) >= 11 is 0.